The minimum Gasteiger partial charge on any atom is -0.507 e. The summed E-state index contributed by atoms with van der Waals surface area (Å²) in [7, 11) is 0. The number of phenolic OH excluding ortho intramolecular Hbond substituents is 1. The van der Waals surface area contributed by atoms with Gasteiger partial charge in [-0.25, -0.2) is 0 Å². The van der Waals surface area contributed by atoms with Crippen molar-refractivity contribution in [3.8, 4) is 11.5 Å². The number of aromatic hydroxyl groups is 1. The molecule has 1 aromatic heterocycles. The lowest BCUT2D eigenvalue weighted by Crippen LogP contribution is -2.45. The van der Waals surface area contributed by atoms with Gasteiger partial charge in [0, 0.05) is 45.3 Å². The number of carbonyl (C=O) groups is 1. The highest BCUT2D eigenvalue weighted by molar-refractivity contribution is 6.14. The first-order valence-corrected chi connectivity index (χ1v) is 10.5. The summed E-state index contributed by atoms with van der Waals surface area (Å²) in [4.78, 5) is 17.5. The number of phenols is 1. The van der Waals surface area contributed by atoms with Crippen molar-refractivity contribution in [2.24, 2.45) is 0 Å². The fourth-order valence-corrected chi connectivity index (χ4v) is 4.12. The van der Waals surface area contributed by atoms with Crippen LogP contribution in [0.5, 0.6) is 11.5 Å². The van der Waals surface area contributed by atoms with Crippen molar-refractivity contribution in [2.45, 2.75) is 13.1 Å². The summed E-state index contributed by atoms with van der Waals surface area (Å²) >= 11 is 0. The van der Waals surface area contributed by atoms with Gasteiger partial charge in [-0.3, -0.25) is 14.6 Å². The molecule has 2 aromatic carbocycles. The van der Waals surface area contributed by atoms with Crippen LogP contribution >= 0.6 is 0 Å². The van der Waals surface area contributed by atoms with Gasteiger partial charge in [0.05, 0.1) is 17.4 Å². The average Bonchev–Trinajstić information content (AvgIpc) is 3.41. The number of fused-ring (bicyclic) bond motifs is 1. The van der Waals surface area contributed by atoms with Gasteiger partial charge in [0.2, 0.25) is 5.78 Å². The highest BCUT2D eigenvalue weighted by Gasteiger charge is 2.32. The number of allylic oxidation sites excluding steroid dienone is 1. The zero-order valence-corrected chi connectivity index (χ0v) is 17.2. The van der Waals surface area contributed by atoms with Crippen molar-refractivity contribution >= 4 is 11.9 Å². The number of nitrogens with zero attached hydrogens (tertiary/aromatic N) is 2. The van der Waals surface area contributed by atoms with Crippen LogP contribution in [-0.4, -0.2) is 46.9 Å². The molecule has 6 nitrogen and oxygen atoms in total. The molecule has 31 heavy (non-hydrogen) atoms. The van der Waals surface area contributed by atoms with E-state index in [2.05, 4.69) is 34.1 Å². The predicted octanol–water partition coefficient (Wildman–Crippen LogP) is 3.92. The molecule has 0 radical (unpaired) electrons. The van der Waals surface area contributed by atoms with E-state index < -0.39 is 0 Å². The second kappa shape index (κ2) is 8.41. The quantitative estimate of drug-likeness (QED) is 0.636. The number of furan rings is 1. The summed E-state index contributed by atoms with van der Waals surface area (Å²) in [6, 6.07) is 17.2. The molecule has 1 fully saturated rings. The van der Waals surface area contributed by atoms with Crippen molar-refractivity contribution in [1.29, 1.82) is 0 Å². The Hall–Kier alpha value is -3.35. The van der Waals surface area contributed by atoms with Gasteiger partial charge in [-0.2, -0.15) is 0 Å². The molecule has 1 N–H and O–H groups in total. The van der Waals surface area contributed by atoms with E-state index in [1.54, 1.807) is 36.6 Å². The Kier molecular flexibility index (Phi) is 5.32. The Morgan fingerprint density at radius 3 is 2.35 bits per heavy atom. The Morgan fingerprint density at radius 1 is 0.903 bits per heavy atom. The largest absolute Gasteiger partial charge is 0.507 e. The number of carbonyl (C=O) groups excluding carboxylic acids is 1. The standard InChI is InChI=1S/C25H24N2O4/c28-22-9-8-20-24(29)23(15-19-7-4-14-30-19)31-25(20)21(22)17-27-12-10-26(11-13-27)16-18-5-2-1-3-6-18/h1-9,14-15,28H,10-13,16-17H2/b23-15-. The molecule has 0 bridgehead atoms. The molecule has 0 unspecified atom stereocenters. The molecule has 2 aliphatic rings. The predicted molar refractivity (Wildman–Crippen MR) is 117 cm³/mol. The Morgan fingerprint density at radius 2 is 1.65 bits per heavy atom. The fourth-order valence-electron chi connectivity index (χ4n) is 4.12. The van der Waals surface area contributed by atoms with Crippen LogP contribution in [0.3, 0.4) is 0 Å². The molecular formula is C25H24N2O4. The summed E-state index contributed by atoms with van der Waals surface area (Å²) in [5.74, 6) is 1.17. The summed E-state index contributed by atoms with van der Waals surface area (Å²) < 4.78 is 11.2. The second-order valence-corrected chi connectivity index (χ2v) is 7.93. The van der Waals surface area contributed by atoms with E-state index >= 15 is 0 Å². The van der Waals surface area contributed by atoms with Crippen LogP contribution in [0.2, 0.25) is 0 Å². The molecule has 1 saturated heterocycles. The summed E-state index contributed by atoms with van der Waals surface area (Å²) in [6.45, 7) is 5.16. The lowest BCUT2D eigenvalue weighted by molar-refractivity contribution is 0.101. The highest BCUT2D eigenvalue weighted by atomic mass is 16.5. The van der Waals surface area contributed by atoms with Crippen LogP contribution in [0.1, 0.15) is 27.2 Å². The van der Waals surface area contributed by atoms with Gasteiger partial charge in [-0.05, 0) is 29.8 Å². The van der Waals surface area contributed by atoms with Gasteiger partial charge in [0.15, 0.2) is 5.76 Å². The lowest BCUT2D eigenvalue weighted by Gasteiger charge is -2.35. The molecular weight excluding hydrogens is 392 g/mol. The molecule has 0 aliphatic carbocycles. The van der Waals surface area contributed by atoms with E-state index in [0.29, 0.717) is 29.2 Å². The minimum absolute atomic E-state index is 0.150. The SMILES string of the molecule is O=C1/C(=C/c2ccco2)Oc2c1ccc(O)c2CN1CCN(Cc2ccccc2)CC1. The fraction of sp³-hybridized carbons (Fsp3) is 0.240. The van der Waals surface area contributed by atoms with E-state index in [1.807, 2.05) is 6.07 Å². The summed E-state index contributed by atoms with van der Waals surface area (Å²) in [5.41, 5.74) is 2.45. The zero-order valence-electron chi connectivity index (χ0n) is 17.2. The smallest absolute Gasteiger partial charge is 0.232 e. The van der Waals surface area contributed by atoms with Crippen LogP contribution < -0.4 is 4.74 Å². The Balaban J connectivity index is 1.28. The van der Waals surface area contributed by atoms with Crippen LogP contribution in [-0.2, 0) is 13.1 Å². The van der Waals surface area contributed by atoms with E-state index in [4.69, 9.17) is 9.15 Å². The molecule has 0 saturated carbocycles. The van der Waals surface area contributed by atoms with Crippen molar-refractivity contribution in [1.82, 2.24) is 9.80 Å². The lowest BCUT2D eigenvalue weighted by atomic mass is 10.0. The molecule has 0 atom stereocenters. The van der Waals surface area contributed by atoms with Crippen molar-refractivity contribution in [2.75, 3.05) is 26.2 Å². The number of Topliss-reactive ketones (excluding diaryl/α,β-unsaturated/α-hetero) is 1. The third-order valence-electron chi connectivity index (χ3n) is 5.83. The molecule has 5 rings (SSSR count). The number of piperazine rings is 1. The first kappa shape index (κ1) is 19.6. The molecule has 3 aromatic rings. The topological polar surface area (TPSA) is 66.2 Å². The van der Waals surface area contributed by atoms with Crippen molar-refractivity contribution in [3.05, 3.63) is 89.1 Å². The number of hydrogen-bond donors (Lipinski definition) is 1. The third-order valence-corrected chi connectivity index (χ3v) is 5.83. The van der Waals surface area contributed by atoms with Gasteiger partial charge in [0.1, 0.15) is 17.3 Å². The van der Waals surface area contributed by atoms with Gasteiger partial charge in [-0.1, -0.05) is 30.3 Å². The van der Waals surface area contributed by atoms with Crippen LogP contribution in [0.4, 0.5) is 0 Å². The van der Waals surface area contributed by atoms with E-state index in [1.165, 1.54) is 5.56 Å². The molecule has 0 spiro atoms. The minimum atomic E-state index is -0.194. The van der Waals surface area contributed by atoms with E-state index in [0.717, 1.165) is 32.7 Å². The number of rotatable bonds is 5. The molecule has 2 aliphatic heterocycles. The number of ketones is 1. The summed E-state index contributed by atoms with van der Waals surface area (Å²) in [6.07, 6.45) is 3.14. The Labute approximate surface area is 181 Å². The molecule has 3 heterocycles. The van der Waals surface area contributed by atoms with Crippen LogP contribution in [0.25, 0.3) is 6.08 Å². The molecule has 0 amide bonds. The van der Waals surface area contributed by atoms with Gasteiger partial charge < -0.3 is 14.3 Å². The molecule has 158 valence electrons. The first-order chi connectivity index (χ1) is 15.2. The number of ether oxygens (including phenoxy) is 1. The van der Waals surface area contributed by atoms with Gasteiger partial charge in [0.25, 0.3) is 0 Å². The number of hydrogen-bond acceptors (Lipinski definition) is 6. The first-order valence-electron chi connectivity index (χ1n) is 10.5. The molecule has 6 heteroatoms. The zero-order chi connectivity index (χ0) is 21.2. The van der Waals surface area contributed by atoms with Crippen molar-refractivity contribution < 1.29 is 19.1 Å². The van der Waals surface area contributed by atoms with Crippen LogP contribution in [0.15, 0.2) is 71.0 Å². The average molecular weight is 416 g/mol. The highest BCUT2D eigenvalue weighted by Crippen LogP contribution is 2.40. The number of benzene rings is 2. The van der Waals surface area contributed by atoms with Crippen molar-refractivity contribution in [3.63, 3.8) is 0 Å². The Bertz CT molecular complexity index is 1100. The van der Waals surface area contributed by atoms with Gasteiger partial charge >= 0.3 is 0 Å². The van der Waals surface area contributed by atoms with E-state index in [-0.39, 0.29) is 17.3 Å². The summed E-state index contributed by atoms with van der Waals surface area (Å²) in [5, 5.41) is 10.5. The normalized spacial score (nSPS) is 18.3. The maximum atomic E-state index is 12.8. The third kappa shape index (κ3) is 4.13. The van der Waals surface area contributed by atoms with Crippen LogP contribution in [0, 0.1) is 0 Å². The second-order valence-electron chi connectivity index (χ2n) is 7.93. The monoisotopic (exact) mass is 416 g/mol. The van der Waals surface area contributed by atoms with Gasteiger partial charge in [-0.15, -0.1) is 0 Å². The maximum Gasteiger partial charge on any atom is 0.232 e. The maximum absolute atomic E-state index is 12.8. The van der Waals surface area contributed by atoms with E-state index in [9.17, 15) is 9.90 Å².